The fourth-order valence-electron chi connectivity index (χ4n) is 4.29. The summed E-state index contributed by atoms with van der Waals surface area (Å²) in [4.78, 5) is 30.6. The highest BCUT2D eigenvalue weighted by Gasteiger charge is 2.15. The zero-order valence-corrected chi connectivity index (χ0v) is 18.9. The minimum atomic E-state index is 0.577. The maximum atomic E-state index is 4.66. The summed E-state index contributed by atoms with van der Waals surface area (Å²) in [5, 5.41) is 4.28. The Morgan fingerprint density at radius 2 is 1.76 bits per heavy atom. The highest BCUT2D eigenvalue weighted by Crippen LogP contribution is 2.29. The van der Waals surface area contributed by atoms with E-state index in [1.807, 2.05) is 36.8 Å². The number of pyridine rings is 1. The van der Waals surface area contributed by atoms with Crippen molar-refractivity contribution in [3.05, 3.63) is 66.9 Å². The number of rotatable bonds is 5. The van der Waals surface area contributed by atoms with Crippen LogP contribution < -0.4 is 10.2 Å². The number of nitrogens with zero attached hydrogens (tertiary/aromatic N) is 7. The Morgan fingerprint density at radius 1 is 0.912 bits per heavy atom. The predicted molar refractivity (Wildman–Crippen MR) is 134 cm³/mol. The van der Waals surface area contributed by atoms with Crippen LogP contribution in [0.3, 0.4) is 0 Å². The Hall–Kier alpha value is -4.11. The van der Waals surface area contributed by atoms with Crippen LogP contribution in [0, 0.1) is 0 Å². The highest BCUT2D eigenvalue weighted by molar-refractivity contribution is 5.95. The lowest BCUT2D eigenvalue weighted by atomic mass is 10.1. The zero-order valence-electron chi connectivity index (χ0n) is 18.9. The lowest BCUT2D eigenvalue weighted by molar-refractivity contribution is 0.312. The fourth-order valence-corrected chi connectivity index (χ4v) is 4.29. The second-order valence-electron chi connectivity index (χ2n) is 8.59. The number of hydrogen-bond acceptors (Lipinski definition) is 8. The lowest BCUT2D eigenvalue weighted by Gasteiger charge is -2.33. The minimum absolute atomic E-state index is 0.577. The number of aromatic nitrogens is 6. The molecule has 0 amide bonds. The predicted octanol–water partition coefficient (Wildman–Crippen LogP) is 3.33. The zero-order chi connectivity index (χ0) is 22.9. The summed E-state index contributed by atoms with van der Waals surface area (Å²) in [6.45, 7) is 4.78. The molecule has 0 saturated carbocycles. The van der Waals surface area contributed by atoms with E-state index in [0.717, 1.165) is 70.8 Å². The number of piperazine rings is 1. The van der Waals surface area contributed by atoms with Gasteiger partial charge in [0.15, 0.2) is 0 Å². The Kier molecular flexibility index (Phi) is 5.23. The number of aromatic amines is 1. The number of fused-ring (bicyclic) bond motifs is 2. The normalized spacial score (nSPS) is 14.7. The number of anilines is 2. The van der Waals surface area contributed by atoms with E-state index in [-0.39, 0.29) is 0 Å². The van der Waals surface area contributed by atoms with Gasteiger partial charge < -0.3 is 20.1 Å². The van der Waals surface area contributed by atoms with Gasteiger partial charge in [0.25, 0.3) is 0 Å². The number of hydrogen-bond donors (Lipinski definition) is 2. The topological polar surface area (TPSA) is 98.8 Å². The van der Waals surface area contributed by atoms with Crippen LogP contribution in [-0.2, 0) is 6.54 Å². The molecule has 0 aliphatic carbocycles. The molecule has 6 rings (SSSR count). The van der Waals surface area contributed by atoms with Crippen molar-refractivity contribution in [2.75, 3.05) is 43.4 Å². The Morgan fingerprint density at radius 3 is 2.59 bits per heavy atom. The van der Waals surface area contributed by atoms with Crippen LogP contribution in [0.1, 0.15) is 5.56 Å². The Bertz CT molecular complexity index is 1440. The van der Waals surface area contributed by atoms with Crippen LogP contribution in [0.5, 0.6) is 0 Å². The molecule has 2 N–H and O–H groups in total. The van der Waals surface area contributed by atoms with Gasteiger partial charge in [-0.1, -0.05) is 12.1 Å². The van der Waals surface area contributed by atoms with Crippen molar-refractivity contribution in [2.45, 2.75) is 6.54 Å². The van der Waals surface area contributed by atoms with Gasteiger partial charge in [0.2, 0.25) is 5.95 Å². The van der Waals surface area contributed by atoms with Crippen LogP contribution in [0.15, 0.2) is 61.3 Å². The molecule has 9 nitrogen and oxygen atoms in total. The van der Waals surface area contributed by atoms with Crippen molar-refractivity contribution >= 4 is 33.8 Å². The minimum Gasteiger partial charge on any atom is -0.354 e. The van der Waals surface area contributed by atoms with E-state index in [9.17, 15) is 0 Å². The maximum Gasteiger partial charge on any atom is 0.224 e. The molecule has 9 heteroatoms. The summed E-state index contributed by atoms with van der Waals surface area (Å²) in [5.74, 6) is 1.61. The molecule has 4 aromatic heterocycles. The molecule has 1 aliphatic rings. The van der Waals surface area contributed by atoms with Crippen molar-refractivity contribution in [1.82, 2.24) is 34.8 Å². The van der Waals surface area contributed by atoms with Gasteiger partial charge in [-0.2, -0.15) is 4.98 Å². The van der Waals surface area contributed by atoms with Crippen molar-refractivity contribution < 1.29 is 0 Å². The molecular formula is C25H25N9. The second-order valence-corrected chi connectivity index (χ2v) is 8.59. The summed E-state index contributed by atoms with van der Waals surface area (Å²) in [5.41, 5.74) is 5.70. The molecule has 0 unspecified atom stereocenters. The van der Waals surface area contributed by atoms with E-state index in [0.29, 0.717) is 12.5 Å². The van der Waals surface area contributed by atoms with Gasteiger partial charge in [0, 0.05) is 74.7 Å². The molecule has 1 fully saturated rings. The molecule has 1 aromatic carbocycles. The molecule has 0 atom stereocenters. The highest BCUT2D eigenvalue weighted by atomic mass is 15.3. The van der Waals surface area contributed by atoms with E-state index in [4.69, 9.17) is 0 Å². The second kappa shape index (κ2) is 8.68. The van der Waals surface area contributed by atoms with E-state index in [1.165, 1.54) is 0 Å². The van der Waals surface area contributed by atoms with Gasteiger partial charge in [-0.3, -0.25) is 9.97 Å². The molecule has 1 saturated heterocycles. The monoisotopic (exact) mass is 451 g/mol. The van der Waals surface area contributed by atoms with E-state index in [2.05, 4.69) is 64.2 Å². The molecule has 0 spiro atoms. The molecule has 5 aromatic rings. The third kappa shape index (κ3) is 4.01. The quantitative estimate of drug-likeness (QED) is 0.420. The largest absolute Gasteiger partial charge is 0.354 e. The number of nitrogens with one attached hydrogen (secondary N) is 2. The van der Waals surface area contributed by atoms with Crippen molar-refractivity contribution in [3.63, 3.8) is 0 Å². The third-order valence-corrected chi connectivity index (χ3v) is 6.30. The van der Waals surface area contributed by atoms with Gasteiger partial charge in [-0.15, -0.1) is 0 Å². The Balaban J connectivity index is 1.15. The molecule has 0 radical (unpaired) electrons. The molecular weight excluding hydrogens is 426 g/mol. The molecule has 0 bridgehead atoms. The average molecular weight is 452 g/mol. The average Bonchev–Trinajstić information content (AvgIpc) is 3.31. The van der Waals surface area contributed by atoms with Gasteiger partial charge in [0.05, 0.1) is 11.0 Å². The summed E-state index contributed by atoms with van der Waals surface area (Å²) < 4.78 is 0. The van der Waals surface area contributed by atoms with E-state index < -0.39 is 0 Å². The first-order chi connectivity index (χ1) is 16.7. The van der Waals surface area contributed by atoms with Crippen molar-refractivity contribution in [2.24, 2.45) is 0 Å². The van der Waals surface area contributed by atoms with Gasteiger partial charge >= 0.3 is 0 Å². The van der Waals surface area contributed by atoms with Crippen molar-refractivity contribution in [3.8, 4) is 11.1 Å². The number of benzene rings is 1. The first kappa shape index (κ1) is 20.5. The summed E-state index contributed by atoms with van der Waals surface area (Å²) in [7, 11) is 2.16. The van der Waals surface area contributed by atoms with Crippen LogP contribution >= 0.6 is 0 Å². The number of likely N-dealkylation sites (N-methyl/N-ethyl adjacent to an activating group) is 1. The molecule has 34 heavy (non-hydrogen) atoms. The standard InChI is InChI=1S/C25H25N9/c1-33-8-10-34(11-9-33)23-5-2-17(13-28-23)14-30-25-31-16-20-19(15-29-24(20)32-25)18-3-4-21-22(12-18)27-7-6-26-21/h2-7,12-13,15-16H,8-11,14H2,1H3,(H2,29,30,31,32). The van der Waals surface area contributed by atoms with Crippen molar-refractivity contribution in [1.29, 1.82) is 0 Å². The van der Waals surface area contributed by atoms with Crippen LogP contribution in [0.4, 0.5) is 11.8 Å². The summed E-state index contributed by atoms with van der Waals surface area (Å²) in [6.07, 6.45) is 9.15. The van der Waals surface area contributed by atoms with Gasteiger partial charge in [0.1, 0.15) is 11.5 Å². The lowest BCUT2D eigenvalue weighted by Crippen LogP contribution is -2.44. The van der Waals surface area contributed by atoms with E-state index >= 15 is 0 Å². The Labute approximate surface area is 196 Å². The van der Waals surface area contributed by atoms with Gasteiger partial charge in [-0.25, -0.2) is 9.97 Å². The number of H-pyrrole nitrogens is 1. The first-order valence-corrected chi connectivity index (χ1v) is 11.4. The SMILES string of the molecule is CN1CCN(c2ccc(CNc3ncc4c(-c5ccc6nccnc6c5)c[nH]c4n3)cn2)CC1. The summed E-state index contributed by atoms with van der Waals surface area (Å²) in [6, 6.07) is 10.3. The molecule has 5 heterocycles. The first-order valence-electron chi connectivity index (χ1n) is 11.4. The van der Waals surface area contributed by atoms with Crippen LogP contribution in [-0.4, -0.2) is 68.0 Å². The third-order valence-electron chi connectivity index (χ3n) is 6.30. The summed E-state index contributed by atoms with van der Waals surface area (Å²) >= 11 is 0. The van der Waals surface area contributed by atoms with Gasteiger partial charge in [-0.05, 0) is 36.4 Å². The smallest absolute Gasteiger partial charge is 0.224 e. The molecule has 1 aliphatic heterocycles. The van der Waals surface area contributed by atoms with Crippen LogP contribution in [0.25, 0.3) is 33.2 Å². The van der Waals surface area contributed by atoms with E-state index in [1.54, 1.807) is 12.4 Å². The van der Waals surface area contributed by atoms with Crippen LogP contribution in [0.2, 0.25) is 0 Å². The fraction of sp³-hybridized carbons (Fsp3) is 0.240. The molecule has 170 valence electrons. The maximum absolute atomic E-state index is 4.66.